The lowest BCUT2D eigenvalue weighted by Crippen LogP contribution is -2.52. The molecule has 25 heavy (non-hydrogen) atoms. The lowest BCUT2D eigenvalue weighted by molar-refractivity contribution is 0.0600. The van der Waals surface area contributed by atoms with E-state index >= 15 is 0 Å². The van der Waals surface area contributed by atoms with Gasteiger partial charge in [-0.3, -0.25) is 0 Å². The Morgan fingerprint density at radius 3 is 2.60 bits per heavy atom. The third-order valence-electron chi connectivity index (χ3n) is 5.87. The Kier molecular flexibility index (Phi) is 5.21. The monoisotopic (exact) mass is 365 g/mol. The number of hydrogen-bond donors (Lipinski definition) is 0. The van der Waals surface area contributed by atoms with E-state index in [2.05, 4.69) is 6.92 Å². The van der Waals surface area contributed by atoms with Gasteiger partial charge in [0.2, 0.25) is 10.0 Å². The molecule has 138 valence electrons. The van der Waals surface area contributed by atoms with E-state index in [-0.39, 0.29) is 6.04 Å². The summed E-state index contributed by atoms with van der Waals surface area (Å²) < 4.78 is 33.1. The molecule has 2 aliphatic rings. The molecular formula is C19H27NO4S. The van der Waals surface area contributed by atoms with Gasteiger partial charge in [0.15, 0.2) is 0 Å². The lowest BCUT2D eigenvalue weighted by atomic mass is 9.74. The maximum Gasteiger partial charge on any atom is 0.337 e. The Morgan fingerprint density at radius 1 is 1.20 bits per heavy atom. The molecule has 0 radical (unpaired) electrons. The maximum atomic E-state index is 13.3. The maximum absolute atomic E-state index is 13.3. The summed E-state index contributed by atoms with van der Waals surface area (Å²) in [5.41, 5.74) is 0.968. The number of benzene rings is 1. The van der Waals surface area contributed by atoms with Crippen LogP contribution in [0.5, 0.6) is 0 Å². The van der Waals surface area contributed by atoms with E-state index in [9.17, 15) is 13.2 Å². The lowest BCUT2D eigenvalue weighted by Gasteiger charge is -2.46. The zero-order chi connectivity index (χ0) is 18.2. The van der Waals surface area contributed by atoms with Crippen LogP contribution in [-0.4, -0.2) is 38.4 Å². The van der Waals surface area contributed by atoms with Gasteiger partial charge in [0.1, 0.15) is 0 Å². The van der Waals surface area contributed by atoms with Crippen molar-refractivity contribution in [2.24, 2.45) is 11.8 Å². The first-order valence-electron chi connectivity index (χ1n) is 9.07. The molecule has 1 heterocycles. The first-order chi connectivity index (χ1) is 11.9. The standard InChI is InChI=1S/C19H27NO4S/c1-13-10-11-20(17-7-5-4-6-16(13)17)25(22,23)18-9-8-15(12-14(18)2)19(21)24-3/h8-9,12-13,16-17H,4-7,10-11H2,1-3H3. The highest BCUT2D eigenvalue weighted by Gasteiger charge is 2.43. The molecule has 0 aromatic heterocycles. The molecule has 1 aromatic carbocycles. The van der Waals surface area contributed by atoms with Gasteiger partial charge in [0.25, 0.3) is 0 Å². The van der Waals surface area contributed by atoms with Crippen molar-refractivity contribution < 1.29 is 17.9 Å². The van der Waals surface area contributed by atoms with E-state index in [0.29, 0.717) is 34.4 Å². The summed E-state index contributed by atoms with van der Waals surface area (Å²) in [7, 11) is -2.23. The van der Waals surface area contributed by atoms with Gasteiger partial charge in [-0.25, -0.2) is 13.2 Å². The van der Waals surface area contributed by atoms with Gasteiger partial charge in [0.05, 0.1) is 17.6 Å². The first kappa shape index (κ1) is 18.4. The molecule has 2 fully saturated rings. The Labute approximate surface area is 150 Å². The third-order valence-corrected chi connectivity index (χ3v) is 7.95. The molecular weight excluding hydrogens is 338 g/mol. The number of ether oxygens (including phenoxy) is 1. The van der Waals surface area contributed by atoms with E-state index < -0.39 is 16.0 Å². The topological polar surface area (TPSA) is 63.7 Å². The van der Waals surface area contributed by atoms with Gasteiger partial charge < -0.3 is 4.74 Å². The second kappa shape index (κ2) is 7.08. The first-order valence-corrected chi connectivity index (χ1v) is 10.5. The molecule has 3 unspecified atom stereocenters. The average molecular weight is 365 g/mol. The molecule has 1 saturated heterocycles. The van der Waals surface area contributed by atoms with Crippen LogP contribution >= 0.6 is 0 Å². The van der Waals surface area contributed by atoms with Gasteiger partial charge in [-0.1, -0.05) is 19.8 Å². The SMILES string of the molecule is COC(=O)c1ccc(S(=O)(=O)N2CCC(C)C3CCCCC32)c(C)c1. The fourth-order valence-corrected chi connectivity index (χ4v) is 6.40. The Hall–Kier alpha value is -1.40. The van der Waals surface area contributed by atoms with Gasteiger partial charge in [0, 0.05) is 12.6 Å². The van der Waals surface area contributed by atoms with E-state index in [4.69, 9.17) is 4.74 Å². The molecule has 3 rings (SSSR count). The number of hydrogen-bond acceptors (Lipinski definition) is 4. The average Bonchev–Trinajstić information content (AvgIpc) is 2.61. The van der Waals surface area contributed by atoms with Crippen molar-refractivity contribution in [2.75, 3.05) is 13.7 Å². The molecule has 5 nitrogen and oxygen atoms in total. The molecule has 1 aliphatic heterocycles. The van der Waals surface area contributed by atoms with Gasteiger partial charge in [-0.15, -0.1) is 0 Å². The van der Waals surface area contributed by atoms with Crippen LogP contribution in [0.15, 0.2) is 23.1 Å². The van der Waals surface area contributed by atoms with Gasteiger partial charge in [-0.2, -0.15) is 4.31 Å². The number of methoxy groups -OCH3 is 1. The number of sulfonamides is 1. The van der Waals surface area contributed by atoms with Crippen LogP contribution in [0.1, 0.15) is 54.9 Å². The van der Waals surface area contributed by atoms with Crippen molar-refractivity contribution >= 4 is 16.0 Å². The summed E-state index contributed by atoms with van der Waals surface area (Å²) in [6, 6.07) is 4.80. The fourth-order valence-electron chi connectivity index (χ4n) is 4.48. The van der Waals surface area contributed by atoms with Crippen molar-refractivity contribution in [3.8, 4) is 0 Å². The molecule has 6 heteroatoms. The highest BCUT2D eigenvalue weighted by Crippen LogP contribution is 2.41. The molecule has 1 saturated carbocycles. The molecule has 0 amide bonds. The van der Waals surface area contributed by atoms with Crippen LogP contribution in [0.3, 0.4) is 0 Å². The number of nitrogens with zero attached hydrogens (tertiary/aromatic N) is 1. The van der Waals surface area contributed by atoms with Gasteiger partial charge >= 0.3 is 5.97 Å². The quantitative estimate of drug-likeness (QED) is 0.771. The minimum atomic E-state index is -3.55. The Morgan fingerprint density at radius 2 is 1.92 bits per heavy atom. The van der Waals surface area contributed by atoms with Crippen LogP contribution < -0.4 is 0 Å². The Bertz CT molecular complexity index is 759. The second-order valence-corrected chi connectivity index (χ2v) is 9.23. The van der Waals surface area contributed by atoms with E-state index in [1.807, 2.05) is 0 Å². The summed E-state index contributed by atoms with van der Waals surface area (Å²) in [5, 5.41) is 0. The number of fused-ring (bicyclic) bond motifs is 1. The number of esters is 1. The van der Waals surface area contributed by atoms with Crippen LogP contribution in [0.4, 0.5) is 0 Å². The Balaban J connectivity index is 1.94. The van der Waals surface area contributed by atoms with Crippen LogP contribution in [0.25, 0.3) is 0 Å². The van der Waals surface area contributed by atoms with Crippen LogP contribution in [0, 0.1) is 18.8 Å². The predicted molar refractivity (Wildman–Crippen MR) is 95.9 cm³/mol. The van der Waals surface area contributed by atoms with Crippen molar-refractivity contribution in [1.82, 2.24) is 4.31 Å². The summed E-state index contributed by atoms with van der Waals surface area (Å²) in [6.45, 7) is 4.58. The van der Waals surface area contributed by atoms with Crippen molar-refractivity contribution in [3.05, 3.63) is 29.3 Å². The predicted octanol–water partition coefficient (Wildman–Crippen LogP) is 3.37. The van der Waals surface area contributed by atoms with Crippen LogP contribution in [0.2, 0.25) is 0 Å². The van der Waals surface area contributed by atoms with Gasteiger partial charge in [-0.05, 0) is 61.8 Å². The molecule has 0 bridgehead atoms. The number of carbonyl (C=O) groups excluding carboxylic acids is 1. The zero-order valence-corrected chi connectivity index (χ0v) is 16.0. The highest BCUT2D eigenvalue weighted by molar-refractivity contribution is 7.89. The smallest absolute Gasteiger partial charge is 0.337 e. The van der Waals surface area contributed by atoms with Crippen molar-refractivity contribution in [3.63, 3.8) is 0 Å². The zero-order valence-electron chi connectivity index (χ0n) is 15.2. The number of carbonyl (C=O) groups is 1. The van der Waals surface area contributed by atoms with E-state index in [0.717, 1.165) is 25.7 Å². The molecule has 1 aromatic rings. The summed E-state index contributed by atoms with van der Waals surface area (Å²) in [6.07, 6.45) is 5.29. The summed E-state index contributed by atoms with van der Waals surface area (Å²) >= 11 is 0. The molecule has 0 spiro atoms. The number of piperidine rings is 1. The third kappa shape index (κ3) is 3.34. The minimum Gasteiger partial charge on any atom is -0.465 e. The minimum absolute atomic E-state index is 0.113. The van der Waals surface area contributed by atoms with Crippen LogP contribution in [-0.2, 0) is 14.8 Å². The second-order valence-electron chi connectivity index (χ2n) is 7.37. The fraction of sp³-hybridized carbons (Fsp3) is 0.632. The summed E-state index contributed by atoms with van der Waals surface area (Å²) in [5.74, 6) is 0.595. The van der Waals surface area contributed by atoms with Crippen molar-refractivity contribution in [2.45, 2.75) is 56.9 Å². The molecule has 0 N–H and O–H groups in total. The largest absolute Gasteiger partial charge is 0.465 e. The molecule has 1 aliphatic carbocycles. The van der Waals surface area contributed by atoms with E-state index in [1.165, 1.54) is 19.6 Å². The van der Waals surface area contributed by atoms with Crippen molar-refractivity contribution in [1.29, 1.82) is 0 Å². The highest BCUT2D eigenvalue weighted by atomic mass is 32.2. The number of aryl methyl sites for hydroxylation is 1. The van der Waals surface area contributed by atoms with E-state index in [1.54, 1.807) is 23.4 Å². The number of rotatable bonds is 3. The molecule has 3 atom stereocenters. The normalized spacial score (nSPS) is 27.6. The summed E-state index contributed by atoms with van der Waals surface area (Å²) in [4.78, 5) is 12.0.